The zero-order chi connectivity index (χ0) is 14.5. The molecule has 0 radical (unpaired) electrons. The Morgan fingerprint density at radius 1 is 1.30 bits per heavy atom. The Balaban J connectivity index is 2.11. The van der Waals surface area contributed by atoms with Gasteiger partial charge in [-0.25, -0.2) is 4.79 Å². The van der Waals surface area contributed by atoms with Crippen molar-refractivity contribution >= 4 is 5.97 Å². The van der Waals surface area contributed by atoms with Crippen molar-refractivity contribution in [3.8, 4) is 11.8 Å². The van der Waals surface area contributed by atoms with Crippen molar-refractivity contribution in [1.82, 2.24) is 0 Å². The molecule has 1 N–H and O–H groups in total. The second-order valence-electron chi connectivity index (χ2n) is 4.39. The van der Waals surface area contributed by atoms with Crippen LogP contribution in [0.1, 0.15) is 27.0 Å². The SMILES string of the molecule is Cc1cc(C#N)ccc1OCc1cccc(C(=O)O)c1. The van der Waals surface area contributed by atoms with Crippen LogP contribution in [0.15, 0.2) is 42.5 Å². The lowest BCUT2D eigenvalue weighted by atomic mass is 10.1. The first kappa shape index (κ1) is 13.6. The molecule has 4 heteroatoms. The van der Waals surface area contributed by atoms with Gasteiger partial charge >= 0.3 is 5.97 Å². The average molecular weight is 267 g/mol. The summed E-state index contributed by atoms with van der Waals surface area (Å²) in [6.07, 6.45) is 0. The van der Waals surface area contributed by atoms with E-state index >= 15 is 0 Å². The van der Waals surface area contributed by atoms with Gasteiger partial charge in [-0.05, 0) is 48.4 Å². The van der Waals surface area contributed by atoms with Crippen LogP contribution in [0, 0.1) is 18.3 Å². The molecule has 0 aliphatic carbocycles. The normalized spacial score (nSPS) is 9.80. The fourth-order valence-electron chi connectivity index (χ4n) is 1.84. The predicted molar refractivity (Wildman–Crippen MR) is 73.6 cm³/mol. The number of nitriles is 1. The van der Waals surface area contributed by atoms with E-state index in [1.54, 1.807) is 36.4 Å². The van der Waals surface area contributed by atoms with E-state index < -0.39 is 5.97 Å². The van der Waals surface area contributed by atoms with Gasteiger partial charge in [-0.1, -0.05) is 12.1 Å². The zero-order valence-electron chi connectivity index (χ0n) is 11.0. The highest BCUT2D eigenvalue weighted by molar-refractivity contribution is 5.87. The highest BCUT2D eigenvalue weighted by Crippen LogP contribution is 2.20. The third-order valence-corrected chi connectivity index (χ3v) is 2.87. The lowest BCUT2D eigenvalue weighted by Gasteiger charge is -2.09. The van der Waals surface area contributed by atoms with E-state index in [0.717, 1.165) is 11.1 Å². The summed E-state index contributed by atoms with van der Waals surface area (Å²) in [6.45, 7) is 2.15. The largest absolute Gasteiger partial charge is 0.489 e. The monoisotopic (exact) mass is 267 g/mol. The van der Waals surface area contributed by atoms with Crippen LogP contribution < -0.4 is 4.74 Å². The second-order valence-corrected chi connectivity index (χ2v) is 4.39. The lowest BCUT2D eigenvalue weighted by molar-refractivity contribution is 0.0696. The maximum atomic E-state index is 10.9. The van der Waals surface area contributed by atoms with Crippen LogP contribution in [0.5, 0.6) is 5.75 Å². The summed E-state index contributed by atoms with van der Waals surface area (Å²) in [7, 11) is 0. The van der Waals surface area contributed by atoms with Crippen molar-refractivity contribution in [3.05, 3.63) is 64.7 Å². The van der Waals surface area contributed by atoms with Crippen LogP contribution in [0.3, 0.4) is 0 Å². The van der Waals surface area contributed by atoms with Crippen LogP contribution >= 0.6 is 0 Å². The van der Waals surface area contributed by atoms with Gasteiger partial charge in [0.15, 0.2) is 0 Å². The van der Waals surface area contributed by atoms with Gasteiger partial charge in [-0.3, -0.25) is 0 Å². The smallest absolute Gasteiger partial charge is 0.335 e. The van der Waals surface area contributed by atoms with Crippen molar-refractivity contribution in [2.45, 2.75) is 13.5 Å². The molecular formula is C16H13NO3. The number of carbonyl (C=O) groups is 1. The molecular weight excluding hydrogens is 254 g/mol. The van der Waals surface area contributed by atoms with Crippen LogP contribution in [-0.4, -0.2) is 11.1 Å². The molecule has 0 atom stereocenters. The first-order chi connectivity index (χ1) is 9.60. The van der Waals surface area contributed by atoms with E-state index in [1.165, 1.54) is 0 Å². The lowest BCUT2D eigenvalue weighted by Crippen LogP contribution is -2.01. The maximum absolute atomic E-state index is 10.9. The molecule has 0 saturated heterocycles. The van der Waals surface area contributed by atoms with Gasteiger partial charge in [-0.2, -0.15) is 5.26 Å². The maximum Gasteiger partial charge on any atom is 0.335 e. The number of carboxylic acids is 1. The summed E-state index contributed by atoms with van der Waals surface area (Å²) in [4.78, 5) is 10.9. The number of hydrogen-bond acceptors (Lipinski definition) is 3. The number of carboxylic acid groups (broad SMARTS) is 1. The molecule has 100 valence electrons. The topological polar surface area (TPSA) is 70.3 Å². The minimum atomic E-state index is -0.957. The number of nitrogens with zero attached hydrogens (tertiary/aromatic N) is 1. The first-order valence-electron chi connectivity index (χ1n) is 6.06. The highest BCUT2D eigenvalue weighted by atomic mass is 16.5. The third-order valence-electron chi connectivity index (χ3n) is 2.87. The Labute approximate surface area is 116 Å². The molecule has 0 aromatic heterocycles. The van der Waals surface area contributed by atoms with Crippen molar-refractivity contribution in [3.63, 3.8) is 0 Å². The van der Waals surface area contributed by atoms with Gasteiger partial charge in [0, 0.05) is 0 Å². The van der Waals surface area contributed by atoms with Gasteiger partial charge in [0.05, 0.1) is 17.2 Å². The molecule has 2 aromatic carbocycles. The Kier molecular flexibility index (Phi) is 4.02. The molecule has 0 spiro atoms. The minimum Gasteiger partial charge on any atom is -0.489 e. The summed E-state index contributed by atoms with van der Waals surface area (Å²) < 4.78 is 5.65. The molecule has 20 heavy (non-hydrogen) atoms. The van der Waals surface area contributed by atoms with Crippen LogP contribution in [-0.2, 0) is 6.61 Å². The summed E-state index contributed by atoms with van der Waals surface area (Å²) in [5.74, 6) is -0.272. The summed E-state index contributed by atoms with van der Waals surface area (Å²) in [5, 5.41) is 17.7. The van der Waals surface area contributed by atoms with Crippen molar-refractivity contribution in [2.75, 3.05) is 0 Å². The number of ether oxygens (including phenoxy) is 1. The summed E-state index contributed by atoms with van der Waals surface area (Å²) >= 11 is 0. The Hall–Kier alpha value is -2.80. The minimum absolute atomic E-state index is 0.239. The fraction of sp³-hybridized carbons (Fsp3) is 0.125. The van der Waals surface area contributed by atoms with Gasteiger partial charge in [0.1, 0.15) is 12.4 Å². The molecule has 2 aromatic rings. The highest BCUT2D eigenvalue weighted by Gasteiger charge is 2.05. The molecule has 4 nitrogen and oxygen atoms in total. The van der Waals surface area contributed by atoms with E-state index in [0.29, 0.717) is 11.3 Å². The number of rotatable bonds is 4. The quantitative estimate of drug-likeness (QED) is 0.923. The molecule has 0 saturated carbocycles. The van der Waals surface area contributed by atoms with Crippen molar-refractivity contribution < 1.29 is 14.6 Å². The van der Waals surface area contributed by atoms with Gasteiger partial charge < -0.3 is 9.84 Å². The van der Waals surface area contributed by atoms with Crippen molar-refractivity contribution in [2.24, 2.45) is 0 Å². The van der Waals surface area contributed by atoms with E-state index in [-0.39, 0.29) is 12.2 Å². The van der Waals surface area contributed by atoms with Gasteiger partial charge in [0.25, 0.3) is 0 Å². The Morgan fingerprint density at radius 3 is 2.75 bits per heavy atom. The average Bonchev–Trinajstić information content (AvgIpc) is 2.46. The molecule has 2 rings (SSSR count). The van der Waals surface area contributed by atoms with Crippen molar-refractivity contribution in [1.29, 1.82) is 5.26 Å². The van der Waals surface area contributed by atoms with Gasteiger partial charge in [-0.15, -0.1) is 0 Å². The third kappa shape index (κ3) is 3.15. The van der Waals surface area contributed by atoms with E-state index in [9.17, 15) is 4.79 Å². The van der Waals surface area contributed by atoms with Gasteiger partial charge in [0.2, 0.25) is 0 Å². The fourth-order valence-corrected chi connectivity index (χ4v) is 1.84. The Morgan fingerprint density at radius 2 is 2.10 bits per heavy atom. The van der Waals surface area contributed by atoms with Crippen LogP contribution in [0.25, 0.3) is 0 Å². The molecule has 0 aliphatic rings. The molecule has 0 aliphatic heterocycles. The molecule has 0 bridgehead atoms. The van der Waals surface area contributed by atoms with E-state index in [2.05, 4.69) is 6.07 Å². The standard InChI is InChI=1S/C16H13NO3/c1-11-7-12(9-17)5-6-15(11)20-10-13-3-2-4-14(8-13)16(18)19/h2-8H,10H2,1H3,(H,18,19). The number of aryl methyl sites for hydroxylation is 1. The molecule has 0 heterocycles. The van der Waals surface area contributed by atoms with E-state index in [1.807, 2.05) is 13.0 Å². The van der Waals surface area contributed by atoms with Crippen LogP contribution in [0.4, 0.5) is 0 Å². The first-order valence-corrected chi connectivity index (χ1v) is 6.06. The zero-order valence-corrected chi connectivity index (χ0v) is 11.0. The summed E-state index contributed by atoms with van der Waals surface area (Å²) in [6, 6.07) is 13.9. The molecule has 0 fully saturated rings. The molecule has 0 amide bonds. The summed E-state index contributed by atoms with van der Waals surface area (Å²) in [5.41, 5.74) is 2.48. The predicted octanol–water partition coefficient (Wildman–Crippen LogP) is 3.14. The van der Waals surface area contributed by atoms with E-state index in [4.69, 9.17) is 15.1 Å². The number of hydrogen-bond donors (Lipinski definition) is 1. The van der Waals surface area contributed by atoms with Crippen LogP contribution in [0.2, 0.25) is 0 Å². The number of aromatic carboxylic acids is 1. The molecule has 0 unspecified atom stereocenters. The number of benzene rings is 2. The second kappa shape index (κ2) is 5.89. The Bertz CT molecular complexity index is 686.